The van der Waals surface area contributed by atoms with Gasteiger partial charge in [-0.15, -0.1) is 0 Å². The van der Waals surface area contributed by atoms with E-state index in [0.717, 1.165) is 6.07 Å². The van der Waals surface area contributed by atoms with Gasteiger partial charge in [-0.2, -0.15) is 0 Å². The molecule has 0 radical (unpaired) electrons. The van der Waals surface area contributed by atoms with Gasteiger partial charge in [-0.25, -0.2) is 13.8 Å². The van der Waals surface area contributed by atoms with Crippen LogP contribution in [0.25, 0.3) is 0 Å². The number of hydrogen-bond acceptors (Lipinski definition) is 4. The highest BCUT2D eigenvalue weighted by Crippen LogP contribution is 2.42. The molecule has 0 unspecified atom stereocenters. The van der Waals surface area contributed by atoms with Gasteiger partial charge in [0, 0.05) is 11.6 Å². The Morgan fingerprint density at radius 3 is 2.75 bits per heavy atom. The van der Waals surface area contributed by atoms with Gasteiger partial charge in [-0.3, -0.25) is 14.6 Å². The third-order valence-corrected chi connectivity index (χ3v) is 6.97. The Labute approximate surface area is 196 Å². The fourth-order valence-electron chi connectivity index (χ4n) is 4.16. The molecule has 2 aromatic rings. The minimum absolute atomic E-state index is 0.0217. The maximum absolute atomic E-state index is 14.2. The highest BCUT2D eigenvalue weighted by molar-refractivity contribution is 9.10. The number of carbonyl (C=O) groups excluding carboxylic acids is 2. The van der Waals surface area contributed by atoms with E-state index in [-0.39, 0.29) is 27.5 Å². The molecule has 2 amide bonds. The third kappa shape index (κ3) is 3.78. The minimum atomic E-state index is -1.00. The minimum Gasteiger partial charge on any atom is -0.509 e. The summed E-state index contributed by atoms with van der Waals surface area (Å²) >= 11 is 8.95. The number of hydrogen-bond donors (Lipinski definition) is 2. The zero-order chi connectivity index (χ0) is 23.2. The SMILES string of the molecule is C[C@]12CCCN1N(Cc1cccc(F)c1Br)C(=O)C(C(=O)Nc1ccc(Cl)cc1F)=C2O. The van der Waals surface area contributed by atoms with E-state index >= 15 is 0 Å². The molecule has 0 aromatic heterocycles. The smallest absolute Gasteiger partial charge is 0.277 e. The number of hydrazine groups is 1. The summed E-state index contributed by atoms with van der Waals surface area (Å²) in [4.78, 5) is 26.4. The van der Waals surface area contributed by atoms with Crippen LogP contribution in [0.5, 0.6) is 0 Å². The fraction of sp³-hybridized carbons (Fsp3) is 0.273. The summed E-state index contributed by atoms with van der Waals surface area (Å²) in [7, 11) is 0. The van der Waals surface area contributed by atoms with Gasteiger partial charge >= 0.3 is 0 Å². The van der Waals surface area contributed by atoms with Gasteiger partial charge in [-0.1, -0.05) is 23.7 Å². The van der Waals surface area contributed by atoms with Crippen LogP contribution in [0.2, 0.25) is 5.02 Å². The Morgan fingerprint density at radius 2 is 2.03 bits per heavy atom. The summed E-state index contributed by atoms with van der Waals surface area (Å²) in [5.74, 6) is -3.33. The molecule has 2 aliphatic heterocycles. The van der Waals surface area contributed by atoms with Crippen molar-refractivity contribution < 1.29 is 23.5 Å². The number of amides is 2. The number of anilines is 1. The monoisotopic (exact) mass is 525 g/mol. The molecule has 2 N–H and O–H groups in total. The standard InChI is InChI=1S/C22H19BrClF2N3O3/c1-22-8-3-9-29(22)28(11-12-4-2-5-14(25)18(12)23)21(32)17(19(22)30)20(31)27-16-7-6-13(24)10-15(16)26/h2,4-7,10,30H,3,8-9,11H2,1H3,(H,27,31)/t22-/m1/s1. The number of carbonyl (C=O) groups is 2. The summed E-state index contributed by atoms with van der Waals surface area (Å²) < 4.78 is 28.4. The largest absolute Gasteiger partial charge is 0.509 e. The maximum atomic E-state index is 14.2. The quantitative estimate of drug-likeness (QED) is 0.554. The molecule has 2 aromatic carbocycles. The lowest BCUT2D eigenvalue weighted by Gasteiger charge is -2.46. The highest BCUT2D eigenvalue weighted by atomic mass is 79.9. The molecular formula is C22H19BrClF2N3O3. The molecule has 1 atom stereocenters. The van der Waals surface area contributed by atoms with Crippen molar-refractivity contribution in [2.45, 2.75) is 31.8 Å². The number of fused-ring (bicyclic) bond motifs is 1. The van der Waals surface area contributed by atoms with Gasteiger partial charge in [-0.05, 0) is 65.5 Å². The van der Waals surface area contributed by atoms with Gasteiger partial charge < -0.3 is 10.4 Å². The van der Waals surface area contributed by atoms with Crippen LogP contribution in [0.3, 0.4) is 0 Å². The molecule has 0 saturated carbocycles. The number of halogens is 4. The molecule has 0 aliphatic carbocycles. The van der Waals surface area contributed by atoms with Gasteiger partial charge in [0.1, 0.15) is 23.0 Å². The molecule has 0 bridgehead atoms. The lowest BCUT2D eigenvalue weighted by atomic mass is 9.90. The molecule has 168 valence electrons. The third-order valence-electron chi connectivity index (χ3n) is 5.85. The van der Waals surface area contributed by atoms with Crippen LogP contribution in [-0.4, -0.2) is 39.0 Å². The van der Waals surface area contributed by atoms with Gasteiger partial charge in [0.15, 0.2) is 0 Å². The van der Waals surface area contributed by atoms with Crippen LogP contribution in [0.15, 0.2) is 52.2 Å². The molecule has 1 fully saturated rings. The van der Waals surface area contributed by atoms with Crippen LogP contribution in [0.1, 0.15) is 25.3 Å². The van der Waals surface area contributed by atoms with Crippen LogP contribution >= 0.6 is 27.5 Å². The van der Waals surface area contributed by atoms with Crippen molar-refractivity contribution in [1.82, 2.24) is 10.0 Å². The van der Waals surface area contributed by atoms with Crippen molar-refractivity contribution in [3.05, 3.63) is 74.4 Å². The van der Waals surface area contributed by atoms with E-state index in [9.17, 15) is 23.5 Å². The lowest BCUT2D eigenvalue weighted by molar-refractivity contribution is -0.160. The molecule has 32 heavy (non-hydrogen) atoms. The average molecular weight is 527 g/mol. The number of aliphatic hydroxyl groups excluding tert-OH is 1. The lowest BCUT2D eigenvalue weighted by Crippen LogP contribution is -2.60. The van der Waals surface area contributed by atoms with Crippen molar-refractivity contribution in [3.63, 3.8) is 0 Å². The number of aliphatic hydroxyl groups is 1. The van der Waals surface area contributed by atoms with E-state index < -0.39 is 34.6 Å². The van der Waals surface area contributed by atoms with E-state index in [0.29, 0.717) is 24.9 Å². The molecule has 10 heteroatoms. The van der Waals surface area contributed by atoms with Crippen molar-refractivity contribution in [1.29, 1.82) is 0 Å². The zero-order valence-electron chi connectivity index (χ0n) is 17.0. The van der Waals surface area contributed by atoms with Crippen LogP contribution in [0.4, 0.5) is 14.5 Å². The van der Waals surface area contributed by atoms with Crippen molar-refractivity contribution in [2.24, 2.45) is 0 Å². The Hall–Kier alpha value is -2.49. The first-order valence-electron chi connectivity index (χ1n) is 9.86. The fourth-order valence-corrected chi connectivity index (χ4v) is 4.70. The molecule has 2 heterocycles. The first kappa shape index (κ1) is 22.7. The number of benzene rings is 2. The average Bonchev–Trinajstić information content (AvgIpc) is 3.14. The first-order chi connectivity index (χ1) is 15.1. The van der Waals surface area contributed by atoms with Crippen molar-refractivity contribution in [3.8, 4) is 0 Å². The molecule has 4 rings (SSSR count). The summed E-state index contributed by atoms with van der Waals surface area (Å²) in [6, 6.07) is 8.17. The summed E-state index contributed by atoms with van der Waals surface area (Å²) in [5, 5.41) is 16.5. The second-order valence-electron chi connectivity index (χ2n) is 7.88. The highest BCUT2D eigenvalue weighted by Gasteiger charge is 2.52. The van der Waals surface area contributed by atoms with E-state index in [1.807, 2.05) is 0 Å². The zero-order valence-corrected chi connectivity index (χ0v) is 19.3. The van der Waals surface area contributed by atoms with E-state index in [1.165, 1.54) is 29.3 Å². The number of rotatable bonds is 4. The summed E-state index contributed by atoms with van der Waals surface area (Å²) in [5.41, 5.74) is -1.16. The Balaban J connectivity index is 1.72. The summed E-state index contributed by atoms with van der Waals surface area (Å²) in [6.45, 7) is 2.18. The predicted molar refractivity (Wildman–Crippen MR) is 119 cm³/mol. The second kappa shape index (κ2) is 8.46. The normalized spacial score (nSPS) is 21.2. The Kier molecular flexibility index (Phi) is 6.00. The molecule has 2 aliphatic rings. The number of nitrogens with one attached hydrogen (secondary N) is 1. The first-order valence-corrected chi connectivity index (χ1v) is 11.0. The van der Waals surface area contributed by atoms with Crippen LogP contribution in [0, 0.1) is 11.6 Å². The molecule has 6 nitrogen and oxygen atoms in total. The van der Waals surface area contributed by atoms with Crippen LogP contribution in [-0.2, 0) is 16.1 Å². The van der Waals surface area contributed by atoms with Gasteiger partial charge in [0.05, 0.1) is 22.2 Å². The van der Waals surface area contributed by atoms with Crippen molar-refractivity contribution in [2.75, 3.05) is 11.9 Å². The second-order valence-corrected chi connectivity index (χ2v) is 9.11. The predicted octanol–water partition coefficient (Wildman–Crippen LogP) is 4.94. The molecular weight excluding hydrogens is 508 g/mol. The van der Waals surface area contributed by atoms with Crippen molar-refractivity contribution >= 4 is 45.0 Å². The summed E-state index contributed by atoms with van der Waals surface area (Å²) in [6.07, 6.45) is 1.17. The maximum Gasteiger partial charge on any atom is 0.277 e. The number of nitrogens with zero attached hydrogens (tertiary/aromatic N) is 2. The topological polar surface area (TPSA) is 72.9 Å². The molecule has 1 saturated heterocycles. The van der Waals surface area contributed by atoms with E-state index in [1.54, 1.807) is 18.0 Å². The van der Waals surface area contributed by atoms with Crippen LogP contribution < -0.4 is 5.32 Å². The molecule has 0 spiro atoms. The Morgan fingerprint density at radius 1 is 1.28 bits per heavy atom. The van der Waals surface area contributed by atoms with Gasteiger partial charge in [0.25, 0.3) is 11.8 Å². The van der Waals surface area contributed by atoms with E-state index in [2.05, 4.69) is 21.2 Å². The Bertz CT molecular complexity index is 1160. The van der Waals surface area contributed by atoms with E-state index in [4.69, 9.17) is 11.6 Å². The van der Waals surface area contributed by atoms with Gasteiger partial charge in [0.2, 0.25) is 0 Å².